The van der Waals surface area contributed by atoms with Gasteiger partial charge in [-0.15, -0.1) is 0 Å². The van der Waals surface area contributed by atoms with Gasteiger partial charge in [0.05, 0.1) is 6.61 Å². The molecular formula is C20H20O4. The molecule has 0 amide bonds. The molecule has 2 rings (SSSR count). The molecule has 124 valence electrons. The molecular weight excluding hydrogens is 304 g/mol. The Hall–Kier alpha value is -2.88. The summed E-state index contributed by atoms with van der Waals surface area (Å²) in [6.07, 6.45) is 3.62. The number of carbonyl (C=O) groups excluding carboxylic acids is 1. The summed E-state index contributed by atoms with van der Waals surface area (Å²) in [5.41, 5.74) is 3.90. The fraction of sp³-hybridized carbons (Fsp3) is 0.200. The summed E-state index contributed by atoms with van der Waals surface area (Å²) in [7, 11) is 0. The number of aliphatic carboxylic acids is 1. The minimum absolute atomic E-state index is 0.203. The Morgan fingerprint density at radius 1 is 1.12 bits per heavy atom. The van der Waals surface area contributed by atoms with Crippen molar-refractivity contribution in [3.05, 3.63) is 65.7 Å². The highest BCUT2D eigenvalue weighted by Crippen LogP contribution is 2.26. The Kier molecular flexibility index (Phi) is 6.32. The maximum atomic E-state index is 11.6. The molecule has 0 heterocycles. The monoisotopic (exact) mass is 324 g/mol. The average molecular weight is 324 g/mol. The fourth-order valence-electron chi connectivity index (χ4n) is 2.47. The van der Waals surface area contributed by atoms with Gasteiger partial charge >= 0.3 is 11.9 Å². The number of carboxylic acids is 1. The summed E-state index contributed by atoms with van der Waals surface area (Å²) in [5.74, 6) is -1.18. The van der Waals surface area contributed by atoms with Gasteiger partial charge in [0.25, 0.3) is 0 Å². The van der Waals surface area contributed by atoms with E-state index >= 15 is 0 Å². The van der Waals surface area contributed by atoms with Gasteiger partial charge < -0.3 is 9.84 Å². The van der Waals surface area contributed by atoms with Crippen LogP contribution in [0.5, 0.6) is 0 Å². The van der Waals surface area contributed by atoms with Crippen molar-refractivity contribution < 1.29 is 19.4 Å². The third kappa shape index (κ3) is 5.09. The Morgan fingerprint density at radius 3 is 2.67 bits per heavy atom. The van der Waals surface area contributed by atoms with Gasteiger partial charge in [-0.2, -0.15) is 0 Å². The van der Waals surface area contributed by atoms with Gasteiger partial charge in [-0.25, -0.2) is 4.79 Å². The molecule has 0 unspecified atom stereocenters. The number of aryl methyl sites for hydroxylation is 1. The number of ether oxygens (including phenoxy) is 1. The Morgan fingerprint density at radius 2 is 1.92 bits per heavy atom. The predicted molar refractivity (Wildman–Crippen MR) is 93.5 cm³/mol. The minimum atomic E-state index is -0.977. The second-order valence-electron chi connectivity index (χ2n) is 5.26. The number of hydrogen-bond acceptors (Lipinski definition) is 3. The van der Waals surface area contributed by atoms with Gasteiger partial charge in [-0.1, -0.05) is 42.5 Å². The zero-order chi connectivity index (χ0) is 17.4. The van der Waals surface area contributed by atoms with Gasteiger partial charge in [0.1, 0.15) is 0 Å². The number of esters is 1. The van der Waals surface area contributed by atoms with E-state index in [1.165, 1.54) is 0 Å². The molecule has 2 aromatic carbocycles. The van der Waals surface area contributed by atoms with E-state index in [9.17, 15) is 9.59 Å². The quantitative estimate of drug-likeness (QED) is 0.619. The summed E-state index contributed by atoms with van der Waals surface area (Å²) < 4.78 is 4.98. The molecule has 0 atom stereocenters. The molecule has 0 aliphatic carbocycles. The molecule has 0 radical (unpaired) electrons. The van der Waals surface area contributed by atoms with E-state index in [2.05, 4.69) is 0 Å². The van der Waals surface area contributed by atoms with Crippen LogP contribution in [-0.2, 0) is 20.7 Å². The molecule has 2 aromatic rings. The lowest BCUT2D eigenvalue weighted by Crippen LogP contribution is -2.05. The standard InChI is InChI=1S/C20H20O4/c1-2-24-20(23)13-11-16-7-3-4-9-18(16)17-8-5-6-15(14-17)10-12-19(21)22/h3-10,12,14H,2,11,13H2,1H3,(H,21,22)/b12-10+. The van der Waals surface area contributed by atoms with Crippen LogP contribution in [0.3, 0.4) is 0 Å². The van der Waals surface area contributed by atoms with Crippen LogP contribution in [-0.4, -0.2) is 23.7 Å². The van der Waals surface area contributed by atoms with Crippen molar-refractivity contribution in [2.75, 3.05) is 6.61 Å². The van der Waals surface area contributed by atoms with E-state index < -0.39 is 5.97 Å². The van der Waals surface area contributed by atoms with Gasteiger partial charge in [-0.3, -0.25) is 4.79 Å². The van der Waals surface area contributed by atoms with Crippen molar-refractivity contribution >= 4 is 18.0 Å². The first-order chi connectivity index (χ1) is 11.6. The number of benzene rings is 2. The number of carbonyl (C=O) groups is 2. The predicted octanol–water partition coefficient (Wildman–Crippen LogP) is 3.95. The van der Waals surface area contributed by atoms with Crippen LogP contribution in [0.15, 0.2) is 54.6 Å². The molecule has 24 heavy (non-hydrogen) atoms. The molecule has 4 heteroatoms. The van der Waals surface area contributed by atoms with Crippen LogP contribution in [0, 0.1) is 0 Å². The molecule has 0 aromatic heterocycles. The molecule has 0 saturated carbocycles. The maximum Gasteiger partial charge on any atom is 0.328 e. The van der Waals surface area contributed by atoms with E-state index in [0.29, 0.717) is 19.4 Å². The number of rotatable bonds is 7. The fourth-order valence-corrected chi connectivity index (χ4v) is 2.47. The molecule has 4 nitrogen and oxygen atoms in total. The van der Waals surface area contributed by atoms with Gasteiger partial charge in [0.2, 0.25) is 0 Å². The van der Waals surface area contributed by atoms with Gasteiger partial charge in [0.15, 0.2) is 0 Å². The highest BCUT2D eigenvalue weighted by atomic mass is 16.5. The second-order valence-corrected chi connectivity index (χ2v) is 5.26. The molecule has 1 N–H and O–H groups in total. The summed E-state index contributed by atoms with van der Waals surface area (Å²) >= 11 is 0. The third-order valence-electron chi connectivity index (χ3n) is 3.54. The molecule has 0 spiro atoms. The summed E-state index contributed by atoms with van der Waals surface area (Å²) in [6, 6.07) is 15.5. The highest BCUT2D eigenvalue weighted by Gasteiger charge is 2.08. The van der Waals surface area contributed by atoms with Crippen LogP contribution >= 0.6 is 0 Å². The first-order valence-corrected chi connectivity index (χ1v) is 7.85. The summed E-state index contributed by atoms with van der Waals surface area (Å²) in [4.78, 5) is 22.2. The molecule has 0 aliphatic heterocycles. The Balaban J connectivity index is 2.24. The van der Waals surface area contributed by atoms with Crippen LogP contribution in [0.25, 0.3) is 17.2 Å². The van der Waals surface area contributed by atoms with Crippen LogP contribution in [0.1, 0.15) is 24.5 Å². The molecule has 0 fully saturated rings. The van der Waals surface area contributed by atoms with Crippen LogP contribution in [0.2, 0.25) is 0 Å². The summed E-state index contributed by atoms with van der Waals surface area (Å²) in [5, 5.41) is 8.74. The zero-order valence-electron chi connectivity index (χ0n) is 13.6. The highest BCUT2D eigenvalue weighted by molar-refractivity contribution is 5.85. The Labute approximate surface area is 141 Å². The van der Waals surface area contributed by atoms with Crippen molar-refractivity contribution in [1.29, 1.82) is 0 Å². The lowest BCUT2D eigenvalue weighted by Gasteiger charge is -2.10. The van der Waals surface area contributed by atoms with Crippen molar-refractivity contribution in [3.8, 4) is 11.1 Å². The molecule has 0 bridgehead atoms. The van der Waals surface area contributed by atoms with Gasteiger partial charge in [-0.05, 0) is 47.7 Å². The van der Waals surface area contributed by atoms with Gasteiger partial charge in [0, 0.05) is 12.5 Å². The smallest absolute Gasteiger partial charge is 0.328 e. The van der Waals surface area contributed by atoms with Crippen molar-refractivity contribution in [3.63, 3.8) is 0 Å². The average Bonchev–Trinajstić information content (AvgIpc) is 2.59. The zero-order valence-corrected chi connectivity index (χ0v) is 13.6. The minimum Gasteiger partial charge on any atom is -0.478 e. The van der Waals surface area contributed by atoms with Crippen molar-refractivity contribution in [1.82, 2.24) is 0 Å². The first-order valence-electron chi connectivity index (χ1n) is 7.85. The summed E-state index contributed by atoms with van der Waals surface area (Å²) in [6.45, 7) is 2.18. The van der Waals surface area contributed by atoms with Crippen LogP contribution in [0.4, 0.5) is 0 Å². The first kappa shape index (κ1) is 17.5. The Bertz CT molecular complexity index is 747. The lowest BCUT2D eigenvalue weighted by atomic mass is 9.95. The van der Waals surface area contributed by atoms with E-state index in [4.69, 9.17) is 9.84 Å². The van der Waals surface area contributed by atoms with Crippen molar-refractivity contribution in [2.45, 2.75) is 19.8 Å². The van der Waals surface area contributed by atoms with E-state index in [1.807, 2.05) is 48.5 Å². The lowest BCUT2D eigenvalue weighted by molar-refractivity contribution is -0.143. The topological polar surface area (TPSA) is 63.6 Å². The van der Waals surface area contributed by atoms with E-state index in [1.54, 1.807) is 13.0 Å². The largest absolute Gasteiger partial charge is 0.478 e. The molecule has 0 aliphatic rings. The third-order valence-corrected chi connectivity index (χ3v) is 3.54. The number of hydrogen-bond donors (Lipinski definition) is 1. The molecule has 0 saturated heterocycles. The van der Waals surface area contributed by atoms with Crippen molar-refractivity contribution in [2.24, 2.45) is 0 Å². The normalized spacial score (nSPS) is 10.7. The van der Waals surface area contributed by atoms with E-state index in [-0.39, 0.29) is 5.97 Å². The van der Waals surface area contributed by atoms with E-state index in [0.717, 1.165) is 28.3 Å². The SMILES string of the molecule is CCOC(=O)CCc1ccccc1-c1cccc(/C=C/C(=O)O)c1. The maximum absolute atomic E-state index is 11.6. The van der Waals surface area contributed by atoms with Crippen LogP contribution < -0.4 is 0 Å². The number of carboxylic acid groups (broad SMARTS) is 1. The second kappa shape index (κ2) is 8.67.